The molecule has 0 aromatic heterocycles. The summed E-state index contributed by atoms with van der Waals surface area (Å²) in [5, 5.41) is 4.09. The minimum atomic E-state index is -0.610. The zero-order chi connectivity index (χ0) is 21.5. The molecule has 0 heterocycles. The van der Waals surface area contributed by atoms with Gasteiger partial charge in [0.05, 0.1) is 0 Å². The van der Waals surface area contributed by atoms with Gasteiger partial charge in [-0.2, -0.15) is 0 Å². The van der Waals surface area contributed by atoms with Crippen LogP contribution >= 0.6 is 23.2 Å². The number of carbonyl (C=O) groups excluding carboxylic acids is 2. The van der Waals surface area contributed by atoms with Gasteiger partial charge in [-0.3, -0.25) is 9.59 Å². The maximum atomic E-state index is 13.2. The molecule has 2 amide bonds. The fourth-order valence-corrected chi connectivity index (χ4v) is 4.38. The molecule has 6 heteroatoms. The third kappa shape index (κ3) is 5.99. The Morgan fingerprint density at radius 1 is 1.03 bits per heavy atom. The zero-order valence-corrected chi connectivity index (χ0v) is 18.8. The highest BCUT2D eigenvalue weighted by molar-refractivity contribution is 6.36. The molecule has 0 radical (unpaired) electrons. The van der Waals surface area contributed by atoms with Crippen molar-refractivity contribution in [2.24, 2.45) is 0 Å². The lowest BCUT2D eigenvalue weighted by molar-refractivity contribution is -0.140. The van der Waals surface area contributed by atoms with E-state index in [1.807, 2.05) is 30.3 Å². The summed E-state index contributed by atoms with van der Waals surface area (Å²) < 4.78 is 0. The van der Waals surface area contributed by atoms with Crippen LogP contribution in [0.3, 0.4) is 0 Å². The molecule has 2 aromatic rings. The molecule has 4 nitrogen and oxygen atoms in total. The van der Waals surface area contributed by atoms with Crippen molar-refractivity contribution in [3.05, 3.63) is 69.7 Å². The summed E-state index contributed by atoms with van der Waals surface area (Å²) in [6.45, 7) is 1.97. The number of hydrogen-bond donors (Lipinski definition) is 1. The van der Waals surface area contributed by atoms with Gasteiger partial charge in [-0.25, -0.2) is 0 Å². The predicted octanol–water partition coefficient (Wildman–Crippen LogP) is 5.40. The van der Waals surface area contributed by atoms with E-state index in [0.29, 0.717) is 28.5 Å². The Balaban J connectivity index is 1.76. The number of hydrogen-bond acceptors (Lipinski definition) is 2. The highest BCUT2D eigenvalue weighted by Crippen LogP contribution is 2.27. The van der Waals surface area contributed by atoms with E-state index in [4.69, 9.17) is 23.2 Å². The normalized spacial score (nSPS) is 15.0. The second-order valence-electron chi connectivity index (χ2n) is 7.87. The van der Waals surface area contributed by atoms with Crippen LogP contribution in [-0.2, 0) is 22.6 Å². The van der Waals surface area contributed by atoms with Gasteiger partial charge in [-0.1, -0.05) is 72.4 Å². The molecule has 1 aliphatic carbocycles. The lowest BCUT2D eigenvalue weighted by Gasteiger charge is -2.30. The quantitative estimate of drug-likeness (QED) is 0.589. The Kier molecular flexibility index (Phi) is 8.17. The van der Waals surface area contributed by atoms with Crippen molar-refractivity contribution in [2.45, 2.75) is 64.1 Å². The van der Waals surface area contributed by atoms with Crippen LogP contribution in [0.2, 0.25) is 10.0 Å². The van der Waals surface area contributed by atoms with Crippen LogP contribution in [0.4, 0.5) is 0 Å². The number of nitrogens with one attached hydrogen (secondary N) is 1. The molecule has 30 heavy (non-hydrogen) atoms. The minimum Gasteiger partial charge on any atom is -0.352 e. The van der Waals surface area contributed by atoms with Gasteiger partial charge in [0.25, 0.3) is 0 Å². The molecule has 160 valence electrons. The SMILES string of the molecule is C[C@H](C(=O)NC1CCCC1)N(Cc1c(Cl)cccc1Cl)C(=O)CCc1ccccc1. The molecular weight excluding hydrogens is 419 g/mol. The van der Waals surface area contributed by atoms with Crippen LogP contribution in [0.15, 0.2) is 48.5 Å². The van der Waals surface area contributed by atoms with Gasteiger partial charge in [-0.15, -0.1) is 0 Å². The Bertz CT molecular complexity index is 847. The first-order chi connectivity index (χ1) is 14.5. The predicted molar refractivity (Wildman–Crippen MR) is 122 cm³/mol. The lowest BCUT2D eigenvalue weighted by atomic mass is 10.1. The molecule has 1 saturated carbocycles. The first-order valence-electron chi connectivity index (χ1n) is 10.5. The fraction of sp³-hybridized carbons (Fsp3) is 0.417. The first-order valence-corrected chi connectivity index (χ1v) is 11.3. The van der Waals surface area contributed by atoms with Crippen molar-refractivity contribution in [1.82, 2.24) is 10.2 Å². The van der Waals surface area contributed by atoms with Crippen molar-refractivity contribution in [3.63, 3.8) is 0 Å². The van der Waals surface area contributed by atoms with Crippen molar-refractivity contribution in [2.75, 3.05) is 0 Å². The monoisotopic (exact) mass is 446 g/mol. The largest absolute Gasteiger partial charge is 0.352 e. The number of nitrogens with zero attached hydrogens (tertiary/aromatic N) is 1. The Morgan fingerprint density at radius 3 is 2.30 bits per heavy atom. The number of halogens is 2. The van der Waals surface area contributed by atoms with Gasteiger partial charge < -0.3 is 10.2 Å². The van der Waals surface area contributed by atoms with Crippen molar-refractivity contribution in [3.8, 4) is 0 Å². The van der Waals surface area contributed by atoms with E-state index in [1.165, 1.54) is 0 Å². The summed E-state index contributed by atoms with van der Waals surface area (Å²) in [6, 6.07) is 14.7. The van der Waals surface area contributed by atoms with Crippen molar-refractivity contribution >= 4 is 35.0 Å². The molecule has 1 N–H and O–H groups in total. The van der Waals surface area contributed by atoms with E-state index in [2.05, 4.69) is 5.32 Å². The molecule has 0 aliphatic heterocycles. The van der Waals surface area contributed by atoms with Crippen LogP contribution in [-0.4, -0.2) is 28.8 Å². The second-order valence-corrected chi connectivity index (χ2v) is 8.69. The minimum absolute atomic E-state index is 0.0936. The molecule has 3 rings (SSSR count). The third-order valence-corrected chi connectivity index (χ3v) is 6.44. The van der Waals surface area contributed by atoms with Crippen LogP contribution in [0, 0.1) is 0 Å². The molecule has 0 saturated heterocycles. The van der Waals surface area contributed by atoms with Gasteiger partial charge >= 0.3 is 0 Å². The van der Waals surface area contributed by atoms with Crippen LogP contribution in [0.25, 0.3) is 0 Å². The highest BCUT2D eigenvalue weighted by atomic mass is 35.5. The number of aryl methyl sites for hydroxylation is 1. The van der Waals surface area contributed by atoms with Gasteiger partial charge in [0.1, 0.15) is 6.04 Å². The average Bonchev–Trinajstić information content (AvgIpc) is 3.25. The zero-order valence-electron chi connectivity index (χ0n) is 17.2. The number of carbonyl (C=O) groups is 2. The van der Waals surface area contributed by atoms with Crippen LogP contribution in [0.1, 0.15) is 50.2 Å². The van der Waals surface area contributed by atoms with Crippen LogP contribution in [0.5, 0.6) is 0 Å². The summed E-state index contributed by atoms with van der Waals surface area (Å²) >= 11 is 12.7. The Morgan fingerprint density at radius 2 is 1.67 bits per heavy atom. The van der Waals surface area contributed by atoms with E-state index < -0.39 is 6.04 Å². The lowest BCUT2D eigenvalue weighted by Crippen LogP contribution is -2.49. The van der Waals surface area contributed by atoms with Gasteiger partial charge in [-0.05, 0) is 43.9 Å². The van der Waals surface area contributed by atoms with Crippen molar-refractivity contribution < 1.29 is 9.59 Å². The first kappa shape index (κ1) is 22.6. The van der Waals surface area contributed by atoms with E-state index in [1.54, 1.807) is 30.0 Å². The van der Waals surface area contributed by atoms with E-state index in [9.17, 15) is 9.59 Å². The summed E-state index contributed by atoms with van der Waals surface area (Å²) in [4.78, 5) is 27.7. The maximum Gasteiger partial charge on any atom is 0.242 e. The summed E-state index contributed by atoms with van der Waals surface area (Å²) in [5.41, 5.74) is 1.75. The summed E-state index contributed by atoms with van der Waals surface area (Å²) in [7, 11) is 0. The molecule has 0 bridgehead atoms. The van der Waals surface area contributed by atoms with Gasteiger partial charge in [0, 0.05) is 34.6 Å². The van der Waals surface area contributed by atoms with Gasteiger partial charge in [0.2, 0.25) is 11.8 Å². The van der Waals surface area contributed by atoms with E-state index in [-0.39, 0.29) is 24.4 Å². The maximum absolute atomic E-state index is 13.2. The summed E-state index contributed by atoms with van der Waals surface area (Å²) in [5.74, 6) is -0.220. The number of benzene rings is 2. The van der Waals surface area contributed by atoms with E-state index >= 15 is 0 Å². The number of rotatable bonds is 8. The molecule has 1 fully saturated rings. The molecule has 2 aromatic carbocycles. The highest BCUT2D eigenvalue weighted by Gasteiger charge is 2.29. The smallest absolute Gasteiger partial charge is 0.242 e. The van der Waals surface area contributed by atoms with Crippen molar-refractivity contribution in [1.29, 1.82) is 0 Å². The van der Waals surface area contributed by atoms with Crippen LogP contribution < -0.4 is 5.32 Å². The molecule has 1 atom stereocenters. The summed E-state index contributed by atoms with van der Waals surface area (Å²) in [6.07, 6.45) is 5.19. The molecule has 0 spiro atoms. The topological polar surface area (TPSA) is 49.4 Å². The standard InChI is InChI=1S/C24H28Cl2N2O2/c1-17(24(30)27-19-10-5-6-11-19)28(16-20-21(25)12-7-13-22(20)26)23(29)15-14-18-8-3-2-4-9-18/h2-4,7-9,12-13,17,19H,5-6,10-11,14-16H2,1H3,(H,27,30)/t17-/m1/s1. The third-order valence-electron chi connectivity index (χ3n) is 5.73. The Hall–Kier alpha value is -2.04. The fourth-order valence-electron chi connectivity index (χ4n) is 3.87. The Labute approximate surface area is 188 Å². The second kappa shape index (κ2) is 10.8. The molecule has 1 aliphatic rings. The number of amides is 2. The van der Waals surface area contributed by atoms with Gasteiger partial charge in [0.15, 0.2) is 0 Å². The average molecular weight is 447 g/mol. The molecule has 0 unspecified atom stereocenters. The van der Waals surface area contributed by atoms with E-state index in [0.717, 1.165) is 31.2 Å². The molecular formula is C24H28Cl2N2O2.